The molecule has 0 saturated heterocycles. The van der Waals surface area contributed by atoms with Crippen molar-refractivity contribution in [3.63, 3.8) is 0 Å². The first-order valence-electron chi connectivity index (χ1n) is 8.01. The summed E-state index contributed by atoms with van der Waals surface area (Å²) in [5, 5.41) is 2.70. The van der Waals surface area contributed by atoms with Gasteiger partial charge in [0.05, 0.1) is 24.5 Å². The number of thioether (sulfide) groups is 1. The maximum atomic E-state index is 12.5. The first-order chi connectivity index (χ1) is 12.3. The molecule has 1 amide bonds. The van der Waals surface area contributed by atoms with Gasteiger partial charge in [0, 0.05) is 11.8 Å². The molecule has 1 aromatic carbocycles. The van der Waals surface area contributed by atoms with E-state index in [2.05, 4.69) is 20.0 Å². The average molecular weight is 375 g/mol. The van der Waals surface area contributed by atoms with Gasteiger partial charge in [-0.1, -0.05) is 30.0 Å². The third-order valence-electron chi connectivity index (χ3n) is 3.71. The van der Waals surface area contributed by atoms with E-state index in [1.807, 2.05) is 32.0 Å². The maximum absolute atomic E-state index is 12.5. The number of H-pyrrole nitrogens is 1. The molecule has 1 heterocycles. The van der Waals surface area contributed by atoms with Gasteiger partial charge in [0.15, 0.2) is 5.16 Å². The van der Waals surface area contributed by atoms with Crippen molar-refractivity contribution in [1.82, 2.24) is 9.97 Å². The molecule has 138 valence electrons. The molecule has 8 heteroatoms. The van der Waals surface area contributed by atoms with Gasteiger partial charge in [0.25, 0.3) is 5.56 Å². The standard InChI is InChI=1S/C18H21N3O4S/c1-10-6-5-7-11(2)16(10)21-17(24)12(3)26-18-19-13(8-14(22)20-18)9-15(23)25-4/h5-8,12H,9H2,1-4H3,(H,21,24)(H,19,20,22)/t12-/m1/s1. The minimum absolute atomic E-state index is 0.100. The van der Waals surface area contributed by atoms with Gasteiger partial charge in [0.2, 0.25) is 5.91 Å². The van der Waals surface area contributed by atoms with Crippen LogP contribution in [0.2, 0.25) is 0 Å². The van der Waals surface area contributed by atoms with Crippen molar-refractivity contribution in [1.29, 1.82) is 0 Å². The highest BCUT2D eigenvalue weighted by atomic mass is 32.2. The number of aryl methyl sites for hydroxylation is 2. The van der Waals surface area contributed by atoms with Crippen LogP contribution in [0.3, 0.4) is 0 Å². The van der Waals surface area contributed by atoms with Crippen LogP contribution in [0.5, 0.6) is 0 Å². The Bertz CT molecular complexity index is 859. The van der Waals surface area contributed by atoms with Crippen LogP contribution in [0.4, 0.5) is 5.69 Å². The zero-order chi connectivity index (χ0) is 19.3. The summed E-state index contributed by atoms with van der Waals surface area (Å²) in [6, 6.07) is 7.02. The van der Waals surface area contributed by atoms with Gasteiger partial charge < -0.3 is 15.0 Å². The van der Waals surface area contributed by atoms with Crippen molar-refractivity contribution in [2.75, 3.05) is 12.4 Å². The van der Waals surface area contributed by atoms with Crippen LogP contribution < -0.4 is 10.9 Å². The van der Waals surface area contributed by atoms with Crippen molar-refractivity contribution in [3.05, 3.63) is 51.4 Å². The Morgan fingerprint density at radius 1 is 1.31 bits per heavy atom. The maximum Gasteiger partial charge on any atom is 0.311 e. The lowest BCUT2D eigenvalue weighted by molar-refractivity contribution is -0.139. The van der Waals surface area contributed by atoms with Crippen LogP contribution in [-0.4, -0.2) is 34.2 Å². The lowest BCUT2D eigenvalue weighted by Gasteiger charge is -2.15. The fraction of sp³-hybridized carbons (Fsp3) is 0.333. The number of benzene rings is 1. The SMILES string of the molecule is COC(=O)Cc1cc(=O)[nH]c(S[C@H](C)C(=O)Nc2c(C)cccc2C)n1. The van der Waals surface area contributed by atoms with E-state index >= 15 is 0 Å². The quantitative estimate of drug-likeness (QED) is 0.456. The number of aromatic nitrogens is 2. The molecule has 2 rings (SSSR count). The van der Waals surface area contributed by atoms with Gasteiger partial charge >= 0.3 is 5.97 Å². The Balaban J connectivity index is 2.11. The predicted octanol–water partition coefficient (Wildman–Crippen LogP) is 2.22. The highest BCUT2D eigenvalue weighted by Gasteiger charge is 2.18. The van der Waals surface area contributed by atoms with Crippen LogP contribution >= 0.6 is 11.8 Å². The average Bonchev–Trinajstić information content (AvgIpc) is 2.57. The third kappa shape index (κ3) is 5.19. The van der Waals surface area contributed by atoms with E-state index in [0.717, 1.165) is 28.6 Å². The van der Waals surface area contributed by atoms with Crippen molar-refractivity contribution in [3.8, 4) is 0 Å². The molecule has 0 aliphatic heterocycles. The molecule has 0 aliphatic carbocycles. The number of nitrogens with one attached hydrogen (secondary N) is 2. The number of rotatable bonds is 6. The summed E-state index contributed by atoms with van der Waals surface area (Å²) in [5.41, 5.74) is 2.64. The topological polar surface area (TPSA) is 101 Å². The molecule has 1 aromatic heterocycles. The lowest BCUT2D eigenvalue weighted by atomic mass is 10.1. The largest absolute Gasteiger partial charge is 0.469 e. The summed E-state index contributed by atoms with van der Waals surface area (Å²) in [5.74, 6) is -0.687. The molecule has 1 atom stereocenters. The Kier molecular flexibility index (Phi) is 6.57. The van der Waals surface area contributed by atoms with E-state index in [-0.39, 0.29) is 23.0 Å². The molecular weight excluding hydrogens is 354 g/mol. The van der Waals surface area contributed by atoms with Gasteiger partial charge in [-0.05, 0) is 31.9 Å². The Hall–Kier alpha value is -2.61. The summed E-state index contributed by atoms with van der Waals surface area (Å²) < 4.78 is 4.58. The Morgan fingerprint density at radius 2 is 1.96 bits per heavy atom. The number of aromatic amines is 1. The Labute approximate surface area is 155 Å². The molecule has 0 radical (unpaired) electrons. The molecule has 0 spiro atoms. The number of amides is 1. The number of nitrogens with zero attached hydrogens (tertiary/aromatic N) is 1. The molecule has 7 nitrogen and oxygen atoms in total. The van der Waals surface area contributed by atoms with Crippen LogP contribution in [0.25, 0.3) is 0 Å². The van der Waals surface area contributed by atoms with E-state index in [1.54, 1.807) is 6.92 Å². The number of esters is 1. The summed E-state index contributed by atoms with van der Waals surface area (Å²) in [6.07, 6.45) is -0.100. The first-order valence-corrected chi connectivity index (χ1v) is 8.89. The molecule has 0 fully saturated rings. The molecule has 26 heavy (non-hydrogen) atoms. The number of carbonyl (C=O) groups is 2. The van der Waals surface area contributed by atoms with Gasteiger partial charge in [-0.15, -0.1) is 0 Å². The van der Waals surface area contributed by atoms with Gasteiger partial charge in [-0.25, -0.2) is 4.98 Å². The zero-order valence-corrected chi connectivity index (χ0v) is 15.9. The number of hydrogen-bond donors (Lipinski definition) is 2. The van der Waals surface area contributed by atoms with E-state index in [1.165, 1.54) is 13.2 Å². The highest BCUT2D eigenvalue weighted by molar-refractivity contribution is 8.00. The third-order valence-corrected chi connectivity index (χ3v) is 4.70. The highest BCUT2D eigenvalue weighted by Crippen LogP contribution is 2.23. The van der Waals surface area contributed by atoms with E-state index in [9.17, 15) is 14.4 Å². The second-order valence-corrected chi connectivity index (χ2v) is 7.14. The molecule has 0 saturated carbocycles. The van der Waals surface area contributed by atoms with E-state index < -0.39 is 11.2 Å². The minimum Gasteiger partial charge on any atom is -0.469 e. The van der Waals surface area contributed by atoms with Crippen LogP contribution in [0.1, 0.15) is 23.7 Å². The number of methoxy groups -OCH3 is 1. The number of para-hydroxylation sites is 1. The number of anilines is 1. The second kappa shape index (κ2) is 8.66. The normalized spacial score (nSPS) is 11.7. The van der Waals surface area contributed by atoms with Gasteiger partial charge in [0.1, 0.15) is 0 Å². The van der Waals surface area contributed by atoms with Crippen LogP contribution in [0.15, 0.2) is 34.2 Å². The number of hydrogen-bond acceptors (Lipinski definition) is 6. The number of carbonyl (C=O) groups excluding carboxylic acids is 2. The smallest absolute Gasteiger partial charge is 0.311 e. The van der Waals surface area contributed by atoms with E-state index in [4.69, 9.17) is 0 Å². The molecule has 0 unspecified atom stereocenters. The summed E-state index contributed by atoms with van der Waals surface area (Å²) in [4.78, 5) is 42.4. The fourth-order valence-corrected chi connectivity index (χ4v) is 3.14. The van der Waals surface area contributed by atoms with Gasteiger partial charge in [-0.2, -0.15) is 0 Å². The lowest BCUT2D eigenvalue weighted by Crippen LogP contribution is -2.24. The van der Waals surface area contributed by atoms with Crippen molar-refractivity contribution < 1.29 is 14.3 Å². The summed E-state index contributed by atoms with van der Waals surface area (Å²) in [6.45, 7) is 5.58. The molecule has 0 aliphatic rings. The Morgan fingerprint density at radius 3 is 2.58 bits per heavy atom. The van der Waals surface area contributed by atoms with Gasteiger partial charge in [-0.3, -0.25) is 14.4 Å². The molecule has 2 N–H and O–H groups in total. The minimum atomic E-state index is -0.495. The van der Waals surface area contributed by atoms with E-state index in [0.29, 0.717) is 5.69 Å². The second-order valence-electron chi connectivity index (χ2n) is 5.81. The van der Waals surface area contributed by atoms with Crippen LogP contribution in [-0.2, 0) is 20.7 Å². The van der Waals surface area contributed by atoms with Crippen molar-refractivity contribution in [2.45, 2.75) is 37.6 Å². The first kappa shape index (κ1) is 19.7. The molecule has 2 aromatic rings. The monoisotopic (exact) mass is 375 g/mol. The number of ether oxygens (including phenoxy) is 1. The molecule has 0 bridgehead atoms. The van der Waals surface area contributed by atoms with Crippen molar-refractivity contribution >= 4 is 29.3 Å². The molecular formula is C18H21N3O4S. The predicted molar refractivity (Wildman–Crippen MR) is 100 cm³/mol. The fourth-order valence-electron chi connectivity index (χ4n) is 2.31. The summed E-state index contributed by atoms with van der Waals surface area (Å²) >= 11 is 1.11. The summed E-state index contributed by atoms with van der Waals surface area (Å²) in [7, 11) is 1.27. The zero-order valence-electron chi connectivity index (χ0n) is 15.1. The van der Waals surface area contributed by atoms with Crippen LogP contribution in [0, 0.1) is 13.8 Å². The van der Waals surface area contributed by atoms with Crippen molar-refractivity contribution in [2.24, 2.45) is 0 Å².